The van der Waals surface area contributed by atoms with Gasteiger partial charge in [0.25, 0.3) is 5.91 Å². The predicted octanol–water partition coefficient (Wildman–Crippen LogP) is 2.80. The Balaban J connectivity index is 1.96. The lowest BCUT2D eigenvalue weighted by Crippen LogP contribution is -2.44. The zero-order valence-corrected chi connectivity index (χ0v) is 12.1. The second-order valence-electron chi connectivity index (χ2n) is 5.54. The Labute approximate surface area is 123 Å². The van der Waals surface area contributed by atoms with Crippen molar-refractivity contribution in [2.45, 2.75) is 18.9 Å². The zero-order chi connectivity index (χ0) is 14.8. The summed E-state index contributed by atoms with van der Waals surface area (Å²) >= 11 is 0. The summed E-state index contributed by atoms with van der Waals surface area (Å²) in [6, 6.07) is 10.4. The van der Waals surface area contributed by atoms with E-state index in [4.69, 9.17) is 0 Å². The number of hydrogen-bond acceptors (Lipinski definition) is 2. The van der Waals surface area contributed by atoms with E-state index < -0.39 is 0 Å². The first-order chi connectivity index (χ1) is 10.2. The van der Waals surface area contributed by atoms with E-state index >= 15 is 0 Å². The molecule has 2 aromatic rings. The highest BCUT2D eigenvalue weighted by Gasteiger charge is 2.24. The summed E-state index contributed by atoms with van der Waals surface area (Å²) in [6.07, 6.45) is 1.92. The fraction of sp³-hybridized carbons (Fsp3) is 0.353. The number of nitrogens with zero attached hydrogens (tertiary/aromatic N) is 1. The molecule has 1 N–H and O–H groups in total. The molecule has 0 atom stereocenters. The van der Waals surface area contributed by atoms with Crippen molar-refractivity contribution in [1.82, 2.24) is 10.2 Å². The lowest BCUT2D eigenvalue weighted by atomic mass is 10.0. The van der Waals surface area contributed by atoms with Gasteiger partial charge < -0.3 is 10.2 Å². The molecule has 1 heterocycles. The number of rotatable bonds is 2. The van der Waals surface area contributed by atoms with E-state index in [0.29, 0.717) is 16.3 Å². The van der Waals surface area contributed by atoms with E-state index in [1.54, 1.807) is 23.1 Å². The summed E-state index contributed by atoms with van der Waals surface area (Å²) in [6.45, 7) is 1.87. The molecule has 3 rings (SSSR count). The molecule has 4 heteroatoms. The molecule has 1 amide bonds. The van der Waals surface area contributed by atoms with E-state index in [-0.39, 0.29) is 17.8 Å². The summed E-state index contributed by atoms with van der Waals surface area (Å²) in [5.74, 6) is -0.315. The van der Waals surface area contributed by atoms with E-state index in [9.17, 15) is 9.18 Å². The summed E-state index contributed by atoms with van der Waals surface area (Å²) in [7, 11) is 1.84. The minimum Gasteiger partial charge on any atom is -0.339 e. The van der Waals surface area contributed by atoms with Crippen LogP contribution in [-0.4, -0.2) is 37.0 Å². The van der Waals surface area contributed by atoms with Gasteiger partial charge in [-0.25, -0.2) is 4.39 Å². The molecule has 0 saturated carbocycles. The minimum atomic E-state index is -0.285. The molecule has 21 heavy (non-hydrogen) atoms. The first-order valence-corrected chi connectivity index (χ1v) is 7.33. The number of piperidine rings is 1. The lowest BCUT2D eigenvalue weighted by molar-refractivity contribution is 0.0705. The molecular formula is C17H19FN2O. The lowest BCUT2D eigenvalue weighted by Gasteiger charge is -2.32. The van der Waals surface area contributed by atoms with Crippen LogP contribution in [0.3, 0.4) is 0 Å². The van der Waals surface area contributed by atoms with E-state index in [0.717, 1.165) is 25.9 Å². The van der Waals surface area contributed by atoms with Gasteiger partial charge in [-0.1, -0.05) is 24.3 Å². The number of amides is 1. The quantitative estimate of drug-likeness (QED) is 0.920. The average Bonchev–Trinajstić information content (AvgIpc) is 2.55. The molecule has 0 unspecified atom stereocenters. The number of carbonyl (C=O) groups excluding carboxylic acids is 1. The predicted molar refractivity (Wildman–Crippen MR) is 81.9 cm³/mol. The number of fused-ring (bicyclic) bond motifs is 1. The van der Waals surface area contributed by atoms with Gasteiger partial charge in [0.15, 0.2) is 0 Å². The maximum atomic E-state index is 13.9. The van der Waals surface area contributed by atoms with Gasteiger partial charge in [0.2, 0.25) is 0 Å². The van der Waals surface area contributed by atoms with Gasteiger partial charge >= 0.3 is 0 Å². The van der Waals surface area contributed by atoms with Crippen LogP contribution in [0.2, 0.25) is 0 Å². The first-order valence-electron chi connectivity index (χ1n) is 7.33. The van der Waals surface area contributed by atoms with Crippen LogP contribution in [0, 0.1) is 5.82 Å². The Kier molecular flexibility index (Phi) is 3.88. The van der Waals surface area contributed by atoms with E-state index in [1.807, 2.05) is 19.2 Å². The van der Waals surface area contributed by atoms with Gasteiger partial charge in [0.05, 0.1) is 0 Å². The van der Waals surface area contributed by atoms with Crippen molar-refractivity contribution in [2.24, 2.45) is 0 Å². The normalized spacial score (nSPS) is 16.1. The van der Waals surface area contributed by atoms with Gasteiger partial charge in [0, 0.05) is 24.0 Å². The van der Waals surface area contributed by atoms with Crippen LogP contribution in [0.15, 0.2) is 36.4 Å². The van der Waals surface area contributed by atoms with Gasteiger partial charge in [-0.05, 0) is 43.5 Å². The highest BCUT2D eigenvalue weighted by Crippen LogP contribution is 2.24. The molecule has 1 aliphatic rings. The first kappa shape index (κ1) is 14.0. The summed E-state index contributed by atoms with van der Waals surface area (Å²) in [4.78, 5) is 14.6. The summed E-state index contributed by atoms with van der Waals surface area (Å²) < 4.78 is 13.9. The maximum Gasteiger partial charge on any atom is 0.254 e. The minimum absolute atomic E-state index is 0.0295. The Bertz CT molecular complexity index is 665. The fourth-order valence-corrected chi connectivity index (χ4v) is 3.00. The Morgan fingerprint density at radius 1 is 1.14 bits per heavy atom. The second-order valence-corrected chi connectivity index (χ2v) is 5.54. The van der Waals surface area contributed by atoms with Crippen LogP contribution >= 0.6 is 0 Å². The third-order valence-electron chi connectivity index (χ3n) is 4.28. The number of nitrogens with one attached hydrogen (secondary N) is 1. The van der Waals surface area contributed by atoms with Crippen LogP contribution in [0.25, 0.3) is 10.8 Å². The van der Waals surface area contributed by atoms with Gasteiger partial charge in [0.1, 0.15) is 5.82 Å². The molecule has 0 aromatic heterocycles. The highest BCUT2D eigenvalue weighted by atomic mass is 19.1. The largest absolute Gasteiger partial charge is 0.339 e. The SMILES string of the molecule is CN(C(=O)c1ccc(F)c2ccccc12)C1CCNCC1. The van der Waals surface area contributed by atoms with Crippen molar-refractivity contribution in [3.8, 4) is 0 Å². The smallest absolute Gasteiger partial charge is 0.254 e. The zero-order valence-electron chi connectivity index (χ0n) is 12.1. The number of carbonyl (C=O) groups is 1. The Morgan fingerprint density at radius 2 is 1.81 bits per heavy atom. The summed E-state index contributed by atoms with van der Waals surface area (Å²) in [5.41, 5.74) is 0.577. The third kappa shape index (κ3) is 2.63. The molecule has 0 spiro atoms. The van der Waals surface area contributed by atoms with Crippen LogP contribution in [0.5, 0.6) is 0 Å². The van der Waals surface area contributed by atoms with Crippen molar-refractivity contribution in [1.29, 1.82) is 0 Å². The van der Waals surface area contributed by atoms with Crippen molar-refractivity contribution in [3.63, 3.8) is 0 Å². The maximum absolute atomic E-state index is 13.9. The topological polar surface area (TPSA) is 32.3 Å². The molecule has 0 aliphatic carbocycles. The molecule has 1 fully saturated rings. The molecule has 0 bridgehead atoms. The molecule has 1 saturated heterocycles. The number of benzene rings is 2. The standard InChI is InChI=1S/C17H19FN2O/c1-20(12-8-10-19-11-9-12)17(21)15-6-7-16(18)14-5-3-2-4-13(14)15/h2-7,12,19H,8-11H2,1H3. The number of hydrogen-bond donors (Lipinski definition) is 1. The van der Waals surface area contributed by atoms with Crippen LogP contribution in [-0.2, 0) is 0 Å². The van der Waals surface area contributed by atoms with Gasteiger partial charge in [-0.3, -0.25) is 4.79 Å². The second kappa shape index (κ2) is 5.82. The average molecular weight is 286 g/mol. The fourth-order valence-electron chi connectivity index (χ4n) is 3.00. The van der Waals surface area contributed by atoms with Crippen molar-refractivity contribution >= 4 is 16.7 Å². The van der Waals surface area contributed by atoms with Crippen LogP contribution < -0.4 is 5.32 Å². The van der Waals surface area contributed by atoms with E-state index in [2.05, 4.69) is 5.32 Å². The van der Waals surface area contributed by atoms with Crippen molar-refractivity contribution < 1.29 is 9.18 Å². The summed E-state index contributed by atoms with van der Waals surface area (Å²) in [5, 5.41) is 4.48. The van der Waals surface area contributed by atoms with Gasteiger partial charge in [-0.15, -0.1) is 0 Å². The van der Waals surface area contributed by atoms with Crippen LogP contribution in [0.4, 0.5) is 4.39 Å². The van der Waals surface area contributed by atoms with Crippen LogP contribution in [0.1, 0.15) is 23.2 Å². The molecular weight excluding hydrogens is 267 g/mol. The van der Waals surface area contributed by atoms with Gasteiger partial charge in [-0.2, -0.15) is 0 Å². The Hall–Kier alpha value is -1.94. The highest BCUT2D eigenvalue weighted by molar-refractivity contribution is 6.07. The Morgan fingerprint density at radius 3 is 2.52 bits per heavy atom. The molecule has 110 valence electrons. The molecule has 1 aliphatic heterocycles. The molecule has 3 nitrogen and oxygen atoms in total. The van der Waals surface area contributed by atoms with Crippen molar-refractivity contribution in [2.75, 3.05) is 20.1 Å². The molecule has 0 radical (unpaired) electrons. The monoisotopic (exact) mass is 286 g/mol. The third-order valence-corrected chi connectivity index (χ3v) is 4.28. The van der Waals surface area contributed by atoms with E-state index in [1.165, 1.54) is 6.07 Å². The van der Waals surface area contributed by atoms with Crippen molar-refractivity contribution in [3.05, 3.63) is 47.8 Å². The molecule has 2 aromatic carbocycles. The number of halogens is 1.